The van der Waals surface area contributed by atoms with E-state index in [9.17, 15) is 4.79 Å². The number of nitrogens with zero attached hydrogens (tertiary/aromatic N) is 4. The fraction of sp³-hybridized carbons (Fsp3) is 0.500. The van der Waals surface area contributed by atoms with Crippen molar-refractivity contribution in [1.29, 1.82) is 0 Å². The summed E-state index contributed by atoms with van der Waals surface area (Å²) in [6.45, 7) is 8.70. The molecule has 2 aromatic heterocycles. The van der Waals surface area contributed by atoms with E-state index in [0.717, 1.165) is 69.2 Å². The number of amides is 1. The maximum atomic E-state index is 13.0. The molecule has 35 heavy (non-hydrogen) atoms. The molecule has 0 aliphatic carbocycles. The molecule has 1 aromatic carbocycles. The van der Waals surface area contributed by atoms with E-state index in [0.29, 0.717) is 18.2 Å². The second-order valence-corrected chi connectivity index (χ2v) is 9.84. The molecule has 188 valence electrons. The van der Waals surface area contributed by atoms with E-state index in [1.807, 2.05) is 35.6 Å². The van der Waals surface area contributed by atoms with Gasteiger partial charge in [-0.25, -0.2) is 0 Å². The Labute approximate surface area is 208 Å². The first kappa shape index (κ1) is 25.2. The molecule has 7 heteroatoms. The molecule has 4 rings (SSSR count). The average Bonchev–Trinajstić information content (AvgIpc) is 3.44. The van der Waals surface area contributed by atoms with Gasteiger partial charge < -0.3 is 14.1 Å². The lowest BCUT2D eigenvalue weighted by Crippen LogP contribution is -2.38. The number of hydrogen-bond acceptors (Lipinski definition) is 5. The van der Waals surface area contributed by atoms with E-state index in [2.05, 4.69) is 41.3 Å². The number of rotatable bonds is 10. The van der Waals surface area contributed by atoms with E-state index in [1.54, 1.807) is 13.2 Å². The zero-order valence-electron chi connectivity index (χ0n) is 21.5. The van der Waals surface area contributed by atoms with Gasteiger partial charge in [0.2, 0.25) is 0 Å². The number of aromatic nitrogens is 2. The molecule has 3 heterocycles. The molecule has 7 nitrogen and oxygen atoms in total. The first-order valence-corrected chi connectivity index (χ1v) is 12.6. The van der Waals surface area contributed by atoms with Crippen LogP contribution in [0.3, 0.4) is 0 Å². The lowest BCUT2D eigenvalue weighted by molar-refractivity contribution is 0.0656. The highest BCUT2D eigenvalue weighted by molar-refractivity contribution is 5.91. The largest absolute Gasteiger partial charge is 0.454 e. The van der Waals surface area contributed by atoms with Crippen molar-refractivity contribution in [2.24, 2.45) is 5.92 Å². The maximum Gasteiger partial charge on any atom is 0.289 e. The predicted octanol–water partition coefficient (Wildman–Crippen LogP) is 4.31. The van der Waals surface area contributed by atoms with Crippen LogP contribution in [0.4, 0.5) is 0 Å². The van der Waals surface area contributed by atoms with Crippen molar-refractivity contribution in [2.75, 3.05) is 40.4 Å². The zero-order valence-corrected chi connectivity index (χ0v) is 21.5. The summed E-state index contributed by atoms with van der Waals surface area (Å²) in [7, 11) is 3.86. The van der Waals surface area contributed by atoms with Crippen LogP contribution in [-0.4, -0.2) is 65.9 Å². The van der Waals surface area contributed by atoms with E-state index < -0.39 is 0 Å². The van der Waals surface area contributed by atoms with Gasteiger partial charge in [-0.05, 0) is 75.4 Å². The molecule has 1 amide bonds. The SMILES string of the molecule is COCCN(C)Cc1ccc(CC2CCN(C(=O)c3ccc(Cn4nc(C)cc4C)o3)CC2)cc1. The monoisotopic (exact) mass is 478 g/mol. The van der Waals surface area contributed by atoms with Gasteiger partial charge in [0.1, 0.15) is 5.76 Å². The summed E-state index contributed by atoms with van der Waals surface area (Å²) < 4.78 is 12.9. The molecule has 3 aromatic rings. The van der Waals surface area contributed by atoms with Gasteiger partial charge in [-0.3, -0.25) is 14.4 Å². The van der Waals surface area contributed by atoms with Gasteiger partial charge in [0, 0.05) is 39.0 Å². The van der Waals surface area contributed by atoms with Crippen LogP contribution in [-0.2, 0) is 24.2 Å². The van der Waals surface area contributed by atoms with Crippen LogP contribution in [0.25, 0.3) is 0 Å². The lowest BCUT2D eigenvalue weighted by atomic mass is 9.90. The maximum absolute atomic E-state index is 13.0. The number of methoxy groups -OCH3 is 1. The molecule has 0 N–H and O–H groups in total. The van der Waals surface area contributed by atoms with Gasteiger partial charge in [-0.2, -0.15) is 5.10 Å². The summed E-state index contributed by atoms with van der Waals surface area (Å²) in [5.41, 5.74) is 4.76. The number of ether oxygens (including phenoxy) is 1. The van der Waals surface area contributed by atoms with Gasteiger partial charge >= 0.3 is 0 Å². The minimum atomic E-state index is -0.00925. The summed E-state index contributed by atoms with van der Waals surface area (Å²) in [4.78, 5) is 17.2. The highest BCUT2D eigenvalue weighted by atomic mass is 16.5. The third kappa shape index (κ3) is 6.83. The van der Waals surface area contributed by atoms with Gasteiger partial charge in [0.15, 0.2) is 5.76 Å². The molecule has 0 spiro atoms. The Hall–Kier alpha value is -2.90. The van der Waals surface area contributed by atoms with Crippen LogP contribution in [0.15, 0.2) is 46.9 Å². The van der Waals surface area contributed by atoms with Crippen molar-refractivity contribution in [3.05, 3.63) is 76.5 Å². The second kappa shape index (κ2) is 11.7. The Morgan fingerprint density at radius 3 is 2.49 bits per heavy atom. The number of furan rings is 1. The minimum absolute atomic E-state index is 0.00925. The van der Waals surface area contributed by atoms with Crippen molar-refractivity contribution >= 4 is 5.91 Å². The second-order valence-electron chi connectivity index (χ2n) is 9.84. The topological polar surface area (TPSA) is 63.7 Å². The Morgan fingerprint density at radius 2 is 1.83 bits per heavy atom. The lowest BCUT2D eigenvalue weighted by Gasteiger charge is -2.31. The van der Waals surface area contributed by atoms with Crippen molar-refractivity contribution < 1.29 is 13.9 Å². The van der Waals surface area contributed by atoms with Gasteiger partial charge in [0.25, 0.3) is 5.91 Å². The van der Waals surface area contributed by atoms with Gasteiger partial charge in [-0.1, -0.05) is 24.3 Å². The Bertz CT molecular complexity index is 1090. The highest BCUT2D eigenvalue weighted by Crippen LogP contribution is 2.24. The number of hydrogen-bond donors (Lipinski definition) is 0. The van der Waals surface area contributed by atoms with Gasteiger partial charge in [-0.15, -0.1) is 0 Å². The summed E-state index contributed by atoms with van der Waals surface area (Å²) in [5, 5.41) is 4.47. The first-order valence-electron chi connectivity index (χ1n) is 12.6. The highest BCUT2D eigenvalue weighted by Gasteiger charge is 2.25. The molecule has 0 radical (unpaired) electrons. The fourth-order valence-electron chi connectivity index (χ4n) is 4.81. The third-order valence-corrected chi connectivity index (χ3v) is 6.86. The Balaban J connectivity index is 1.24. The summed E-state index contributed by atoms with van der Waals surface area (Å²) in [5.74, 6) is 1.77. The standard InChI is InChI=1S/C28H38N4O3/c1-21-17-22(2)32(29-21)20-26-9-10-27(35-26)28(33)31-13-11-24(12-14-31)18-23-5-7-25(8-6-23)19-30(3)15-16-34-4/h5-10,17,24H,11-16,18-20H2,1-4H3. The van der Waals surface area contributed by atoms with Crippen LogP contribution in [0.1, 0.15) is 51.7 Å². The van der Waals surface area contributed by atoms with Crippen molar-refractivity contribution in [2.45, 2.75) is 46.2 Å². The first-order chi connectivity index (χ1) is 16.9. The number of likely N-dealkylation sites (tertiary alicyclic amines) is 1. The van der Waals surface area contributed by atoms with Crippen molar-refractivity contribution in [3.63, 3.8) is 0 Å². The quantitative estimate of drug-likeness (QED) is 0.434. The van der Waals surface area contributed by atoms with Gasteiger partial charge in [0.05, 0.1) is 18.8 Å². The summed E-state index contributed by atoms with van der Waals surface area (Å²) in [6.07, 6.45) is 3.11. The molecule has 0 bridgehead atoms. The fourth-order valence-corrected chi connectivity index (χ4v) is 4.81. The Morgan fingerprint density at radius 1 is 1.11 bits per heavy atom. The molecule has 0 atom stereocenters. The number of carbonyl (C=O) groups is 1. The van der Waals surface area contributed by atoms with Crippen LogP contribution < -0.4 is 0 Å². The smallest absolute Gasteiger partial charge is 0.289 e. The summed E-state index contributed by atoms with van der Waals surface area (Å²) >= 11 is 0. The normalized spacial score (nSPS) is 14.7. The molecule has 0 saturated carbocycles. The molecule has 0 unspecified atom stereocenters. The van der Waals surface area contributed by atoms with E-state index in [-0.39, 0.29) is 5.91 Å². The molecule has 1 saturated heterocycles. The van der Waals surface area contributed by atoms with E-state index in [4.69, 9.17) is 9.15 Å². The Kier molecular flexibility index (Phi) is 8.42. The number of aryl methyl sites for hydroxylation is 2. The molecule has 1 aliphatic rings. The molecular formula is C28H38N4O3. The molecule has 1 fully saturated rings. The number of likely N-dealkylation sites (N-methyl/N-ethyl adjacent to an activating group) is 1. The number of benzene rings is 1. The number of carbonyl (C=O) groups excluding carboxylic acids is 1. The predicted molar refractivity (Wildman–Crippen MR) is 136 cm³/mol. The molecular weight excluding hydrogens is 440 g/mol. The average molecular weight is 479 g/mol. The van der Waals surface area contributed by atoms with E-state index >= 15 is 0 Å². The van der Waals surface area contributed by atoms with Crippen LogP contribution in [0.2, 0.25) is 0 Å². The van der Waals surface area contributed by atoms with Crippen LogP contribution in [0.5, 0.6) is 0 Å². The third-order valence-electron chi connectivity index (χ3n) is 6.86. The minimum Gasteiger partial charge on any atom is -0.454 e. The van der Waals surface area contributed by atoms with Crippen LogP contribution >= 0.6 is 0 Å². The number of piperidine rings is 1. The van der Waals surface area contributed by atoms with Crippen molar-refractivity contribution in [1.82, 2.24) is 19.6 Å². The van der Waals surface area contributed by atoms with Crippen LogP contribution in [0, 0.1) is 19.8 Å². The summed E-state index contributed by atoms with van der Waals surface area (Å²) in [6, 6.07) is 14.7. The van der Waals surface area contributed by atoms with Crippen molar-refractivity contribution in [3.8, 4) is 0 Å². The molecule has 1 aliphatic heterocycles. The van der Waals surface area contributed by atoms with E-state index in [1.165, 1.54) is 11.1 Å². The zero-order chi connectivity index (χ0) is 24.8.